The van der Waals surface area contributed by atoms with E-state index in [9.17, 15) is 4.39 Å². The highest BCUT2D eigenvalue weighted by atomic mass is 35.5. The molecule has 1 nitrogen and oxygen atoms in total. The van der Waals surface area contributed by atoms with Gasteiger partial charge in [0.05, 0.1) is 5.02 Å². The standard InChI is InChI=1S/C15H23ClFN/c1-3-6-12(11-18-9-4-2)10-13-7-5-8-14(16)15(13)17/h5,7-8,12,18H,3-4,6,9-11H2,1-2H3. The first-order valence-corrected chi connectivity index (χ1v) is 7.20. The van der Waals surface area contributed by atoms with Gasteiger partial charge in [-0.1, -0.05) is 44.0 Å². The Bertz CT molecular complexity index is 354. The Balaban J connectivity index is 2.61. The van der Waals surface area contributed by atoms with Crippen molar-refractivity contribution in [2.75, 3.05) is 13.1 Å². The van der Waals surface area contributed by atoms with E-state index in [1.807, 2.05) is 12.1 Å². The first kappa shape index (κ1) is 15.5. The molecule has 0 aliphatic rings. The van der Waals surface area contributed by atoms with Crippen LogP contribution in [0.5, 0.6) is 0 Å². The molecule has 1 rings (SSSR count). The normalized spacial score (nSPS) is 12.7. The van der Waals surface area contributed by atoms with Crippen molar-refractivity contribution in [2.24, 2.45) is 5.92 Å². The molecule has 1 aromatic rings. The Morgan fingerprint density at radius 2 is 2.06 bits per heavy atom. The van der Waals surface area contributed by atoms with Crippen molar-refractivity contribution in [2.45, 2.75) is 39.5 Å². The molecule has 102 valence electrons. The molecule has 0 radical (unpaired) electrons. The summed E-state index contributed by atoms with van der Waals surface area (Å²) in [7, 11) is 0. The Hall–Kier alpha value is -0.600. The van der Waals surface area contributed by atoms with E-state index < -0.39 is 0 Å². The van der Waals surface area contributed by atoms with Crippen LogP contribution >= 0.6 is 11.6 Å². The smallest absolute Gasteiger partial charge is 0.144 e. The lowest BCUT2D eigenvalue weighted by Crippen LogP contribution is -2.25. The minimum Gasteiger partial charge on any atom is -0.316 e. The quantitative estimate of drug-likeness (QED) is 0.690. The van der Waals surface area contributed by atoms with E-state index in [1.165, 1.54) is 0 Å². The van der Waals surface area contributed by atoms with Gasteiger partial charge in [0, 0.05) is 0 Å². The molecule has 0 aliphatic carbocycles. The van der Waals surface area contributed by atoms with Gasteiger partial charge < -0.3 is 5.32 Å². The SMILES string of the molecule is CCCNCC(CCC)Cc1cccc(Cl)c1F. The van der Waals surface area contributed by atoms with Gasteiger partial charge in [0.25, 0.3) is 0 Å². The summed E-state index contributed by atoms with van der Waals surface area (Å²) in [4.78, 5) is 0. The minimum absolute atomic E-state index is 0.226. The highest BCUT2D eigenvalue weighted by Gasteiger charge is 2.13. The highest BCUT2D eigenvalue weighted by Crippen LogP contribution is 2.22. The van der Waals surface area contributed by atoms with Gasteiger partial charge in [-0.05, 0) is 49.9 Å². The maximum atomic E-state index is 13.8. The van der Waals surface area contributed by atoms with Gasteiger partial charge in [-0.3, -0.25) is 0 Å². The third kappa shape index (κ3) is 4.95. The molecule has 0 aromatic heterocycles. The molecule has 1 aromatic carbocycles. The molecule has 1 atom stereocenters. The van der Waals surface area contributed by atoms with Crippen molar-refractivity contribution < 1.29 is 4.39 Å². The van der Waals surface area contributed by atoms with Crippen molar-refractivity contribution >= 4 is 11.6 Å². The second-order valence-corrected chi connectivity index (χ2v) is 5.18. The molecule has 0 saturated heterocycles. The molecule has 0 fully saturated rings. The fourth-order valence-corrected chi connectivity index (χ4v) is 2.38. The maximum Gasteiger partial charge on any atom is 0.144 e. The fourth-order valence-electron chi connectivity index (χ4n) is 2.18. The van der Waals surface area contributed by atoms with Crippen molar-refractivity contribution in [3.63, 3.8) is 0 Å². The van der Waals surface area contributed by atoms with Crippen molar-refractivity contribution in [1.29, 1.82) is 0 Å². The second-order valence-electron chi connectivity index (χ2n) is 4.78. The van der Waals surface area contributed by atoms with E-state index in [2.05, 4.69) is 19.2 Å². The van der Waals surface area contributed by atoms with Crippen molar-refractivity contribution in [3.8, 4) is 0 Å². The van der Waals surface area contributed by atoms with Crippen LogP contribution in [0.2, 0.25) is 5.02 Å². The topological polar surface area (TPSA) is 12.0 Å². The summed E-state index contributed by atoms with van der Waals surface area (Å²) in [6, 6.07) is 5.26. The molecule has 1 unspecified atom stereocenters. The lowest BCUT2D eigenvalue weighted by atomic mass is 9.94. The van der Waals surface area contributed by atoms with Crippen LogP contribution in [0.3, 0.4) is 0 Å². The Labute approximate surface area is 115 Å². The van der Waals surface area contributed by atoms with Crippen LogP contribution in [0.1, 0.15) is 38.7 Å². The van der Waals surface area contributed by atoms with Crippen molar-refractivity contribution in [1.82, 2.24) is 5.32 Å². The molecule has 0 aliphatic heterocycles. The van der Waals surface area contributed by atoms with Crippen LogP contribution in [-0.4, -0.2) is 13.1 Å². The zero-order chi connectivity index (χ0) is 13.4. The molecular formula is C15H23ClFN. The zero-order valence-electron chi connectivity index (χ0n) is 11.3. The molecule has 0 heterocycles. The average Bonchev–Trinajstić information content (AvgIpc) is 2.35. The molecule has 3 heteroatoms. The molecule has 0 spiro atoms. The minimum atomic E-state index is -0.254. The predicted molar refractivity (Wildman–Crippen MR) is 76.7 cm³/mol. The average molecular weight is 272 g/mol. The molecule has 0 amide bonds. The van der Waals surface area contributed by atoms with Gasteiger partial charge in [0.2, 0.25) is 0 Å². The third-order valence-electron chi connectivity index (χ3n) is 3.10. The first-order valence-electron chi connectivity index (χ1n) is 6.82. The predicted octanol–water partition coefficient (Wildman–Crippen LogP) is 4.44. The Morgan fingerprint density at radius 3 is 2.72 bits per heavy atom. The number of halogens is 2. The summed E-state index contributed by atoms with van der Waals surface area (Å²) in [6.07, 6.45) is 4.13. The van der Waals surface area contributed by atoms with Crippen LogP contribution in [0.25, 0.3) is 0 Å². The zero-order valence-corrected chi connectivity index (χ0v) is 12.1. The van der Waals surface area contributed by atoms with E-state index in [-0.39, 0.29) is 10.8 Å². The lowest BCUT2D eigenvalue weighted by Gasteiger charge is -2.17. The van der Waals surface area contributed by atoms with E-state index in [4.69, 9.17) is 11.6 Å². The van der Waals surface area contributed by atoms with Crippen LogP contribution in [0.4, 0.5) is 4.39 Å². The highest BCUT2D eigenvalue weighted by molar-refractivity contribution is 6.30. The fraction of sp³-hybridized carbons (Fsp3) is 0.600. The maximum absolute atomic E-state index is 13.8. The van der Waals surface area contributed by atoms with E-state index >= 15 is 0 Å². The summed E-state index contributed by atoms with van der Waals surface area (Å²) in [5.41, 5.74) is 0.735. The number of benzene rings is 1. The number of hydrogen-bond acceptors (Lipinski definition) is 1. The first-order chi connectivity index (χ1) is 8.69. The molecular weight excluding hydrogens is 249 g/mol. The van der Waals surface area contributed by atoms with E-state index in [1.54, 1.807) is 6.07 Å². The van der Waals surface area contributed by atoms with E-state index in [0.717, 1.165) is 44.3 Å². The van der Waals surface area contributed by atoms with Crippen LogP contribution < -0.4 is 5.32 Å². The lowest BCUT2D eigenvalue weighted by molar-refractivity contribution is 0.431. The number of hydrogen-bond donors (Lipinski definition) is 1. The van der Waals surface area contributed by atoms with Gasteiger partial charge in [-0.2, -0.15) is 0 Å². The molecule has 0 saturated carbocycles. The summed E-state index contributed by atoms with van der Waals surface area (Å²) in [6.45, 7) is 6.30. The van der Waals surface area contributed by atoms with Crippen LogP contribution in [0.15, 0.2) is 18.2 Å². The summed E-state index contributed by atoms with van der Waals surface area (Å²) in [5.74, 6) is 0.227. The van der Waals surface area contributed by atoms with Gasteiger partial charge in [-0.15, -0.1) is 0 Å². The molecule has 0 bridgehead atoms. The van der Waals surface area contributed by atoms with Crippen LogP contribution in [-0.2, 0) is 6.42 Å². The monoisotopic (exact) mass is 271 g/mol. The number of nitrogens with one attached hydrogen (secondary N) is 1. The van der Waals surface area contributed by atoms with Gasteiger partial charge in [-0.25, -0.2) is 4.39 Å². The summed E-state index contributed by atoms with van der Waals surface area (Å²) < 4.78 is 13.8. The number of rotatable bonds is 8. The summed E-state index contributed by atoms with van der Waals surface area (Å²) in [5, 5.41) is 3.65. The summed E-state index contributed by atoms with van der Waals surface area (Å²) >= 11 is 5.81. The van der Waals surface area contributed by atoms with Gasteiger partial charge >= 0.3 is 0 Å². The second kappa shape index (κ2) is 8.49. The Morgan fingerprint density at radius 1 is 1.28 bits per heavy atom. The van der Waals surface area contributed by atoms with E-state index in [0.29, 0.717) is 5.92 Å². The molecule has 18 heavy (non-hydrogen) atoms. The largest absolute Gasteiger partial charge is 0.316 e. The van der Waals surface area contributed by atoms with Crippen molar-refractivity contribution in [3.05, 3.63) is 34.6 Å². The van der Waals surface area contributed by atoms with Gasteiger partial charge in [0.15, 0.2) is 0 Å². The van der Waals surface area contributed by atoms with Crippen LogP contribution in [0, 0.1) is 11.7 Å². The van der Waals surface area contributed by atoms with Gasteiger partial charge in [0.1, 0.15) is 5.82 Å². The molecule has 1 N–H and O–H groups in total. The third-order valence-corrected chi connectivity index (χ3v) is 3.39. The Kier molecular flexibility index (Phi) is 7.29.